The van der Waals surface area contributed by atoms with Gasteiger partial charge in [-0.2, -0.15) is 0 Å². The van der Waals surface area contributed by atoms with E-state index in [2.05, 4.69) is 243 Å². The second-order valence-corrected chi connectivity index (χ2v) is 18.0. The maximum Gasteiger partial charge on any atom is 0.159 e. The van der Waals surface area contributed by atoms with Crippen LogP contribution < -0.4 is 4.90 Å². The Morgan fingerprint density at radius 3 is 1.54 bits per heavy atom. The molecule has 1 heterocycles. The van der Waals surface area contributed by atoms with E-state index < -0.39 is 0 Å². The molecular weight excluding hydrogens is 787 g/mol. The molecule has 0 unspecified atom stereocenters. The van der Waals surface area contributed by atoms with E-state index >= 15 is 0 Å². The average molecular weight is 830 g/mol. The van der Waals surface area contributed by atoms with Crippen molar-refractivity contribution < 1.29 is 4.42 Å². The Bertz CT molecular complexity index is 3810. The summed E-state index contributed by atoms with van der Waals surface area (Å²) in [7, 11) is 0. The van der Waals surface area contributed by atoms with Crippen molar-refractivity contribution in [1.29, 1.82) is 0 Å². The molecular formula is C63H43NO. The summed E-state index contributed by atoms with van der Waals surface area (Å²) in [5.74, 6) is 0. The molecule has 13 rings (SSSR count). The SMILES string of the molecule is CC1(C)c2ccc(-c3ccc(-c4ccccc4)cc3)cc2-c2cccc(N(c3ccc4c5ccccc5c5ccccc5c4c3)c3cccc4c3oc3ccc(-c5ccccc5)cc34)c21. The lowest BCUT2D eigenvalue weighted by Gasteiger charge is -2.32. The maximum atomic E-state index is 7.01. The van der Waals surface area contributed by atoms with Gasteiger partial charge in [0.1, 0.15) is 5.58 Å². The molecule has 0 fully saturated rings. The molecule has 0 bridgehead atoms. The predicted octanol–water partition coefficient (Wildman–Crippen LogP) is 17.8. The van der Waals surface area contributed by atoms with Crippen molar-refractivity contribution in [1.82, 2.24) is 0 Å². The van der Waals surface area contributed by atoms with E-state index in [-0.39, 0.29) is 5.41 Å². The first-order chi connectivity index (χ1) is 32.0. The van der Waals surface area contributed by atoms with Crippen LogP contribution in [0.3, 0.4) is 0 Å². The molecule has 1 aliphatic carbocycles. The zero-order valence-corrected chi connectivity index (χ0v) is 36.2. The second-order valence-electron chi connectivity index (χ2n) is 18.0. The molecule has 0 saturated heterocycles. The van der Waals surface area contributed by atoms with Crippen LogP contribution in [0, 0.1) is 0 Å². The van der Waals surface area contributed by atoms with Gasteiger partial charge >= 0.3 is 0 Å². The van der Waals surface area contributed by atoms with Gasteiger partial charge in [-0.25, -0.2) is 0 Å². The van der Waals surface area contributed by atoms with E-state index in [0.717, 1.165) is 39.0 Å². The first-order valence-corrected chi connectivity index (χ1v) is 22.6. The fraction of sp³-hybridized carbons (Fsp3) is 0.0476. The maximum absolute atomic E-state index is 7.01. The number of furan rings is 1. The van der Waals surface area contributed by atoms with Gasteiger partial charge in [0.05, 0.1) is 11.4 Å². The zero-order valence-electron chi connectivity index (χ0n) is 36.2. The number of benzene rings is 11. The van der Waals surface area contributed by atoms with Crippen LogP contribution in [0.1, 0.15) is 25.0 Å². The molecule has 11 aromatic carbocycles. The highest BCUT2D eigenvalue weighted by molar-refractivity contribution is 6.26. The van der Waals surface area contributed by atoms with Crippen molar-refractivity contribution in [2.45, 2.75) is 19.3 Å². The van der Waals surface area contributed by atoms with Crippen LogP contribution >= 0.6 is 0 Å². The Hall–Kier alpha value is -8.20. The van der Waals surface area contributed by atoms with Crippen molar-refractivity contribution in [3.8, 4) is 44.5 Å². The molecule has 1 aromatic heterocycles. The standard InChI is InChI=1S/C63H43NO/c1-63(2)57-35-31-44(43-29-27-42(28-30-43)40-15-5-3-6-16-40)37-55(57)52-23-13-25-58(61(52)63)64(46-33-34-51-49-21-10-9-19-47(49)48-20-11-12-22-50(48)54(51)39-46)59-26-14-24-53-56-38-45(41-17-7-4-8-18-41)32-36-60(56)65-62(53)59/h3-39H,1-2H3. The smallest absolute Gasteiger partial charge is 0.159 e. The molecule has 0 N–H and O–H groups in total. The Morgan fingerprint density at radius 2 is 0.846 bits per heavy atom. The quantitative estimate of drug-likeness (QED) is 0.155. The lowest BCUT2D eigenvalue weighted by atomic mass is 9.81. The van der Waals surface area contributed by atoms with Gasteiger partial charge in [0.2, 0.25) is 0 Å². The number of hydrogen-bond donors (Lipinski definition) is 0. The van der Waals surface area contributed by atoms with E-state index in [9.17, 15) is 0 Å². The van der Waals surface area contributed by atoms with Crippen LogP contribution in [-0.4, -0.2) is 0 Å². The highest BCUT2D eigenvalue weighted by atomic mass is 16.3. The summed E-state index contributed by atoms with van der Waals surface area (Å²) in [6, 6.07) is 82.1. The summed E-state index contributed by atoms with van der Waals surface area (Å²) >= 11 is 0. The van der Waals surface area contributed by atoms with Crippen LogP contribution in [0.4, 0.5) is 17.1 Å². The Labute approximate surface area is 378 Å². The third-order valence-electron chi connectivity index (χ3n) is 14.0. The summed E-state index contributed by atoms with van der Waals surface area (Å²) in [5.41, 5.74) is 17.0. The third-order valence-corrected chi connectivity index (χ3v) is 14.0. The summed E-state index contributed by atoms with van der Waals surface area (Å²) in [4.78, 5) is 2.47. The van der Waals surface area contributed by atoms with Crippen molar-refractivity contribution in [2.75, 3.05) is 4.90 Å². The first kappa shape index (κ1) is 37.4. The Kier molecular flexibility index (Phi) is 8.29. The monoisotopic (exact) mass is 829 g/mol. The Balaban J connectivity index is 1.03. The van der Waals surface area contributed by atoms with Gasteiger partial charge in [-0.15, -0.1) is 0 Å². The van der Waals surface area contributed by atoms with Gasteiger partial charge in [-0.05, 0) is 130 Å². The van der Waals surface area contributed by atoms with Gasteiger partial charge < -0.3 is 9.32 Å². The molecule has 0 spiro atoms. The molecule has 65 heavy (non-hydrogen) atoms. The molecule has 306 valence electrons. The van der Waals surface area contributed by atoms with Crippen LogP contribution in [0.5, 0.6) is 0 Å². The van der Waals surface area contributed by atoms with Crippen LogP contribution in [0.2, 0.25) is 0 Å². The third kappa shape index (κ3) is 5.81. The highest BCUT2D eigenvalue weighted by Gasteiger charge is 2.39. The lowest BCUT2D eigenvalue weighted by molar-refractivity contribution is 0.659. The normalized spacial score (nSPS) is 12.9. The van der Waals surface area contributed by atoms with Gasteiger partial charge in [-0.1, -0.05) is 196 Å². The minimum Gasteiger partial charge on any atom is -0.454 e. The predicted molar refractivity (Wildman–Crippen MR) is 275 cm³/mol. The van der Waals surface area contributed by atoms with Gasteiger partial charge in [-0.3, -0.25) is 0 Å². The molecule has 12 aromatic rings. The first-order valence-electron chi connectivity index (χ1n) is 22.6. The minimum absolute atomic E-state index is 0.304. The number of anilines is 3. The fourth-order valence-electron chi connectivity index (χ4n) is 10.9. The highest BCUT2D eigenvalue weighted by Crippen LogP contribution is 2.56. The van der Waals surface area contributed by atoms with Crippen molar-refractivity contribution in [2.24, 2.45) is 0 Å². The van der Waals surface area contributed by atoms with Gasteiger partial charge in [0.15, 0.2) is 5.58 Å². The molecule has 2 heteroatoms. The number of para-hydroxylation sites is 1. The summed E-state index contributed by atoms with van der Waals surface area (Å²) in [5, 5.41) is 9.71. The molecule has 1 aliphatic rings. The Morgan fingerprint density at radius 1 is 0.338 bits per heavy atom. The van der Waals surface area contributed by atoms with Crippen LogP contribution in [0.25, 0.3) is 98.8 Å². The summed E-state index contributed by atoms with van der Waals surface area (Å²) in [6.45, 7) is 4.78. The van der Waals surface area contributed by atoms with Gasteiger partial charge in [0.25, 0.3) is 0 Å². The van der Waals surface area contributed by atoms with Crippen molar-refractivity contribution in [3.63, 3.8) is 0 Å². The van der Waals surface area contributed by atoms with E-state index in [1.807, 2.05) is 0 Å². The van der Waals surface area contributed by atoms with E-state index in [4.69, 9.17) is 4.42 Å². The molecule has 0 amide bonds. The topological polar surface area (TPSA) is 16.4 Å². The molecule has 2 nitrogen and oxygen atoms in total. The number of hydrogen-bond acceptors (Lipinski definition) is 2. The van der Waals surface area contributed by atoms with Crippen LogP contribution in [0.15, 0.2) is 229 Å². The van der Waals surface area contributed by atoms with E-state index in [1.165, 1.54) is 88.0 Å². The van der Waals surface area contributed by atoms with Crippen LogP contribution in [-0.2, 0) is 5.41 Å². The number of rotatable bonds is 6. The molecule has 0 saturated carbocycles. The van der Waals surface area contributed by atoms with E-state index in [1.54, 1.807) is 0 Å². The summed E-state index contributed by atoms with van der Waals surface area (Å²) in [6.07, 6.45) is 0. The molecule has 0 atom stereocenters. The molecule has 0 aliphatic heterocycles. The zero-order chi connectivity index (χ0) is 43.2. The largest absolute Gasteiger partial charge is 0.454 e. The minimum atomic E-state index is -0.304. The molecule has 0 radical (unpaired) electrons. The number of fused-ring (bicyclic) bond motifs is 12. The van der Waals surface area contributed by atoms with Crippen molar-refractivity contribution in [3.05, 3.63) is 236 Å². The van der Waals surface area contributed by atoms with Gasteiger partial charge in [0, 0.05) is 21.9 Å². The van der Waals surface area contributed by atoms with Crippen molar-refractivity contribution >= 4 is 71.3 Å². The lowest BCUT2D eigenvalue weighted by Crippen LogP contribution is -2.20. The number of nitrogens with zero attached hydrogens (tertiary/aromatic N) is 1. The fourth-order valence-corrected chi connectivity index (χ4v) is 10.9. The van der Waals surface area contributed by atoms with E-state index in [0.29, 0.717) is 0 Å². The second kappa shape index (κ2) is 14.4. The average Bonchev–Trinajstić information content (AvgIpc) is 3.86. The summed E-state index contributed by atoms with van der Waals surface area (Å²) < 4.78 is 7.01.